The Bertz CT molecular complexity index is 865. The molecule has 3 aromatic rings. The second-order valence-electron chi connectivity index (χ2n) is 6.92. The van der Waals surface area contributed by atoms with Gasteiger partial charge in [-0.25, -0.2) is 0 Å². The van der Waals surface area contributed by atoms with Crippen LogP contribution in [-0.4, -0.2) is 61.4 Å². The zero-order valence-electron chi connectivity index (χ0n) is 15.1. The Morgan fingerprint density at radius 1 is 1.12 bits per heavy atom. The molecule has 136 valence electrons. The van der Waals surface area contributed by atoms with Gasteiger partial charge in [0.1, 0.15) is 6.54 Å². The van der Waals surface area contributed by atoms with Crippen molar-refractivity contribution in [3.8, 4) is 0 Å². The normalized spacial score (nSPS) is 16.1. The second kappa shape index (κ2) is 7.29. The van der Waals surface area contributed by atoms with Crippen molar-refractivity contribution in [2.75, 3.05) is 26.2 Å². The lowest BCUT2D eigenvalue weighted by molar-refractivity contribution is -0.131. The van der Waals surface area contributed by atoms with Crippen LogP contribution >= 0.6 is 0 Å². The van der Waals surface area contributed by atoms with E-state index in [2.05, 4.69) is 21.3 Å². The largest absolute Gasteiger partial charge is 0.340 e. The molecule has 1 aliphatic heterocycles. The molecule has 7 heteroatoms. The third-order valence-corrected chi connectivity index (χ3v) is 4.86. The van der Waals surface area contributed by atoms with E-state index < -0.39 is 0 Å². The number of carbonyl (C=O) groups is 1. The molecule has 0 N–H and O–H groups in total. The van der Waals surface area contributed by atoms with E-state index >= 15 is 0 Å². The number of aromatic nitrogens is 4. The zero-order valence-corrected chi connectivity index (χ0v) is 15.1. The topological polar surface area (TPSA) is 59.2 Å². The molecule has 0 spiro atoms. The lowest BCUT2D eigenvalue weighted by Crippen LogP contribution is -2.37. The van der Waals surface area contributed by atoms with E-state index in [0.29, 0.717) is 6.54 Å². The maximum atomic E-state index is 12.7. The zero-order chi connectivity index (χ0) is 17.9. The number of nitrogens with zero attached hydrogens (tertiary/aromatic N) is 6. The van der Waals surface area contributed by atoms with Crippen molar-refractivity contribution >= 4 is 16.8 Å². The Labute approximate surface area is 152 Å². The highest BCUT2D eigenvalue weighted by atomic mass is 16.2. The maximum absolute atomic E-state index is 12.7. The predicted octanol–water partition coefficient (Wildman–Crippen LogP) is 1.50. The number of benzene rings is 1. The van der Waals surface area contributed by atoms with Crippen molar-refractivity contribution in [1.82, 2.24) is 29.4 Å². The van der Waals surface area contributed by atoms with Crippen LogP contribution in [0, 0.1) is 0 Å². The van der Waals surface area contributed by atoms with E-state index in [4.69, 9.17) is 0 Å². The van der Waals surface area contributed by atoms with Gasteiger partial charge < -0.3 is 4.90 Å². The first-order valence-electron chi connectivity index (χ1n) is 9.07. The van der Waals surface area contributed by atoms with Crippen LogP contribution in [0.5, 0.6) is 0 Å². The summed E-state index contributed by atoms with van der Waals surface area (Å²) in [5.41, 5.74) is 2.15. The Hall–Kier alpha value is -2.67. The summed E-state index contributed by atoms with van der Waals surface area (Å²) in [6.07, 6.45) is 6.90. The summed E-state index contributed by atoms with van der Waals surface area (Å²) in [4.78, 5) is 17.1. The van der Waals surface area contributed by atoms with Crippen molar-refractivity contribution in [2.24, 2.45) is 7.05 Å². The van der Waals surface area contributed by atoms with E-state index in [9.17, 15) is 4.79 Å². The molecule has 0 saturated carbocycles. The van der Waals surface area contributed by atoms with Crippen LogP contribution in [0.1, 0.15) is 12.0 Å². The summed E-state index contributed by atoms with van der Waals surface area (Å²) >= 11 is 0. The molecule has 0 radical (unpaired) electrons. The molecule has 1 amide bonds. The molecular formula is C19H24N6O. The van der Waals surface area contributed by atoms with Gasteiger partial charge in [0.25, 0.3) is 0 Å². The summed E-state index contributed by atoms with van der Waals surface area (Å²) < 4.78 is 3.59. The first kappa shape index (κ1) is 16.8. The fraction of sp³-hybridized carbons (Fsp3) is 0.421. The third kappa shape index (κ3) is 3.77. The minimum absolute atomic E-state index is 0.140. The Morgan fingerprint density at radius 2 is 2.00 bits per heavy atom. The van der Waals surface area contributed by atoms with Crippen LogP contribution in [0.25, 0.3) is 10.9 Å². The molecule has 3 heterocycles. The van der Waals surface area contributed by atoms with E-state index in [1.807, 2.05) is 53.3 Å². The van der Waals surface area contributed by atoms with Crippen molar-refractivity contribution in [3.05, 3.63) is 48.4 Å². The van der Waals surface area contributed by atoms with Crippen LogP contribution in [0.4, 0.5) is 0 Å². The van der Waals surface area contributed by atoms with Crippen LogP contribution in [-0.2, 0) is 24.9 Å². The van der Waals surface area contributed by atoms with Crippen molar-refractivity contribution in [1.29, 1.82) is 0 Å². The quantitative estimate of drug-likeness (QED) is 0.714. The monoisotopic (exact) mass is 352 g/mol. The summed E-state index contributed by atoms with van der Waals surface area (Å²) in [7, 11) is 1.94. The average molecular weight is 352 g/mol. The smallest absolute Gasteiger partial charge is 0.244 e. The Morgan fingerprint density at radius 3 is 2.81 bits per heavy atom. The number of hydrogen-bond donors (Lipinski definition) is 0. The van der Waals surface area contributed by atoms with Gasteiger partial charge in [-0.05, 0) is 12.5 Å². The second-order valence-corrected chi connectivity index (χ2v) is 6.92. The van der Waals surface area contributed by atoms with E-state index in [0.717, 1.165) is 50.0 Å². The first-order valence-corrected chi connectivity index (χ1v) is 9.07. The van der Waals surface area contributed by atoms with Crippen LogP contribution in [0.3, 0.4) is 0 Å². The average Bonchev–Trinajstić information content (AvgIpc) is 3.14. The first-order chi connectivity index (χ1) is 12.7. The number of amides is 1. The van der Waals surface area contributed by atoms with Crippen molar-refractivity contribution in [2.45, 2.75) is 19.5 Å². The van der Waals surface area contributed by atoms with Crippen LogP contribution < -0.4 is 0 Å². The molecule has 0 aliphatic carbocycles. The lowest BCUT2D eigenvalue weighted by atomic mass is 10.3. The molecule has 0 atom stereocenters. The van der Waals surface area contributed by atoms with E-state index in [-0.39, 0.29) is 5.91 Å². The third-order valence-electron chi connectivity index (χ3n) is 4.86. The molecule has 2 aromatic heterocycles. The molecule has 1 saturated heterocycles. The number of fused-ring (bicyclic) bond motifs is 1. The number of hydrogen-bond acceptors (Lipinski definition) is 4. The van der Waals surface area contributed by atoms with Gasteiger partial charge >= 0.3 is 0 Å². The summed E-state index contributed by atoms with van der Waals surface area (Å²) in [5.74, 6) is 0.140. The summed E-state index contributed by atoms with van der Waals surface area (Å²) in [6.45, 7) is 4.66. The van der Waals surface area contributed by atoms with Gasteiger partial charge in [-0.15, -0.1) is 0 Å². The van der Waals surface area contributed by atoms with Crippen LogP contribution in [0.15, 0.2) is 42.9 Å². The van der Waals surface area contributed by atoms with Crippen LogP contribution in [0.2, 0.25) is 0 Å². The van der Waals surface area contributed by atoms with Gasteiger partial charge in [-0.1, -0.05) is 18.2 Å². The molecule has 26 heavy (non-hydrogen) atoms. The van der Waals surface area contributed by atoms with Gasteiger partial charge in [0, 0.05) is 63.1 Å². The molecule has 7 nitrogen and oxygen atoms in total. The highest BCUT2D eigenvalue weighted by Crippen LogP contribution is 2.12. The molecule has 1 aliphatic rings. The number of aryl methyl sites for hydroxylation is 1. The Balaban J connectivity index is 1.35. The van der Waals surface area contributed by atoms with Gasteiger partial charge in [0.2, 0.25) is 5.91 Å². The Kier molecular flexibility index (Phi) is 4.71. The SMILES string of the molecule is Cn1cc(CN2CCCN(C(=O)Cn3cc4ccccc4n3)CC2)cn1. The highest BCUT2D eigenvalue weighted by molar-refractivity contribution is 5.79. The minimum atomic E-state index is 0.140. The van der Waals surface area contributed by atoms with E-state index in [1.54, 1.807) is 4.68 Å². The summed E-state index contributed by atoms with van der Waals surface area (Å²) in [5, 5.41) is 9.79. The maximum Gasteiger partial charge on any atom is 0.244 e. The van der Waals surface area contributed by atoms with Gasteiger partial charge in [-0.3, -0.25) is 19.1 Å². The van der Waals surface area contributed by atoms with Crippen molar-refractivity contribution in [3.63, 3.8) is 0 Å². The lowest BCUT2D eigenvalue weighted by Gasteiger charge is -2.21. The van der Waals surface area contributed by atoms with Gasteiger partial charge in [-0.2, -0.15) is 10.2 Å². The summed E-state index contributed by atoms with van der Waals surface area (Å²) in [6, 6.07) is 7.94. The molecule has 0 unspecified atom stereocenters. The van der Waals surface area contributed by atoms with Gasteiger partial charge in [0.15, 0.2) is 0 Å². The number of rotatable bonds is 4. The predicted molar refractivity (Wildman–Crippen MR) is 99.4 cm³/mol. The highest BCUT2D eigenvalue weighted by Gasteiger charge is 2.20. The van der Waals surface area contributed by atoms with E-state index in [1.165, 1.54) is 5.56 Å². The molecular weight excluding hydrogens is 328 g/mol. The van der Waals surface area contributed by atoms with Crippen molar-refractivity contribution < 1.29 is 4.79 Å². The van der Waals surface area contributed by atoms with Gasteiger partial charge in [0.05, 0.1) is 11.7 Å². The molecule has 1 fully saturated rings. The molecule has 4 rings (SSSR count). The standard InChI is InChI=1S/C19H24N6O/c1-22-12-16(11-20-22)13-23-7-4-8-24(10-9-23)19(26)15-25-14-17-5-2-3-6-18(17)21-25/h2-3,5-6,11-12,14H,4,7-10,13,15H2,1H3. The number of carbonyl (C=O) groups excluding carboxylic acids is 1. The molecule has 0 bridgehead atoms. The molecule has 1 aromatic carbocycles. The fourth-order valence-electron chi connectivity index (χ4n) is 3.53. The minimum Gasteiger partial charge on any atom is -0.340 e. The fourth-order valence-corrected chi connectivity index (χ4v) is 3.53.